The fourth-order valence-corrected chi connectivity index (χ4v) is 1.03. The minimum Gasteiger partial charge on any atom is -0.322 e. The van der Waals surface area contributed by atoms with Crippen LogP contribution in [0.1, 0.15) is 17.2 Å². The average Bonchev–Trinajstić information content (AvgIpc) is 2.15. The first kappa shape index (κ1) is 11.0. The Hall–Kier alpha value is -1.10. The van der Waals surface area contributed by atoms with E-state index in [4.69, 9.17) is 5.73 Å². The van der Waals surface area contributed by atoms with Gasteiger partial charge in [0.05, 0.1) is 11.6 Å². The van der Waals surface area contributed by atoms with E-state index < -0.39 is 24.5 Å². The molecular weight excluding hydrogens is 198 g/mol. The molecule has 78 valence electrons. The molecule has 0 saturated carbocycles. The normalized spacial score (nSPS) is 14.1. The Bertz CT molecular complexity index is 308. The van der Waals surface area contributed by atoms with Gasteiger partial charge in [0.25, 0.3) is 0 Å². The lowest BCUT2D eigenvalue weighted by molar-refractivity contribution is -0.137. The van der Waals surface area contributed by atoms with Gasteiger partial charge in [-0.05, 0) is 17.7 Å². The lowest BCUT2D eigenvalue weighted by Gasteiger charge is -2.11. The van der Waals surface area contributed by atoms with Crippen molar-refractivity contribution < 1.29 is 17.6 Å². The van der Waals surface area contributed by atoms with Crippen LogP contribution in [0.4, 0.5) is 17.6 Å². The van der Waals surface area contributed by atoms with Crippen LogP contribution in [-0.2, 0) is 6.18 Å². The Morgan fingerprint density at radius 2 is 1.93 bits per heavy atom. The lowest BCUT2D eigenvalue weighted by Crippen LogP contribution is -2.14. The summed E-state index contributed by atoms with van der Waals surface area (Å²) < 4.78 is 48.7. The highest BCUT2D eigenvalue weighted by atomic mass is 19.4. The molecule has 0 saturated heterocycles. The van der Waals surface area contributed by atoms with Gasteiger partial charge in [0.2, 0.25) is 0 Å². The molecular formula is C9H9F4N. The van der Waals surface area contributed by atoms with E-state index in [-0.39, 0.29) is 5.56 Å². The van der Waals surface area contributed by atoms with E-state index in [2.05, 4.69) is 0 Å². The Labute approximate surface area is 78.5 Å². The third kappa shape index (κ3) is 2.45. The summed E-state index contributed by atoms with van der Waals surface area (Å²) in [6, 6.07) is 3.39. The topological polar surface area (TPSA) is 26.0 Å². The molecule has 0 amide bonds. The summed E-state index contributed by atoms with van der Waals surface area (Å²) in [7, 11) is 0. The first-order chi connectivity index (χ1) is 6.45. The van der Waals surface area contributed by atoms with E-state index in [1.165, 1.54) is 12.1 Å². The second-order valence-electron chi connectivity index (χ2n) is 2.88. The van der Waals surface area contributed by atoms with Crippen molar-refractivity contribution >= 4 is 0 Å². The quantitative estimate of drug-likeness (QED) is 0.741. The molecule has 0 radical (unpaired) electrons. The number of hydrogen-bond acceptors (Lipinski definition) is 1. The Morgan fingerprint density at radius 3 is 2.43 bits per heavy atom. The molecule has 14 heavy (non-hydrogen) atoms. The van der Waals surface area contributed by atoms with E-state index in [0.29, 0.717) is 0 Å². The smallest absolute Gasteiger partial charge is 0.322 e. The largest absolute Gasteiger partial charge is 0.416 e. The van der Waals surface area contributed by atoms with Gasteiger partial charge in [-0.25, -0.2) is 4.39 Å². The zero-order valence-electron chi connectivity index (χ0n) is 7.18. The predicted octanol–water partition coefficient (Wildman–Crippen LogP) is 2.67. The van der Waals surface area contributed by atoms with Gasteiger partial charge in [0.15, 0.2) is 0 Å². The molecule has 5 heteroatoms. The number of nitrogens with two attached hydrogens (primary N) is 1. The van der Waals surface area contributed by atoms with Crippen molar-refractivity contribution in [2.45, 2.75) is 12.2 Å². The van der Waals surface area contributed by atoms with E-state index in [1.807, 2.05) is 0 Å². The highest BCUT2D eigenvalue weighted by Crippen LogP contribution is 2.30. The van der Waals surface area contributed by atoms with Crippen molar-refractivity contribution in [1.29, 1.82) is 0 Å². The SMILES string of the molecule is NC(CF)c1cccc(C(F)(F)F)c1. The van der Waals surface area contributed by atoms with Crippen LogP contribution in [0.3, 0.4) is 0 Å². The molecule has 1 nitrogen and oxygen atoms in total. The molecule has 0 spiro atoms. The standard InChI is InChI=1S/C9H9F4N/c10-5-8(14)6-2-1-3-7(4-6)9(11,12)13/h1-4,8H,5,14H2. The van der Waals surface area contributed by atoms with E-state index in [9.17, 15) is 17.6 Å². The van der Waals surface area contributed by atoms with Crippen LogP contribution < -0.4 is 5.73 Å². The zero-order valence-corrected chi connectivity index (χ0v) is 7.18. The minimum absolute atomic E-state index is 0.155. The highest BCUT2D eigenvalue weighted by Gasteiger charge is 2.30. The molecule has 0 aromatic heterocycles. The zero-order chi connectivity index (χ0) is 10.8. The Kier molecular flexibility index (Phi) is 3.10. The van der Waals surface area contributed by atoms with Gasteiger partial charge >= 0.3 is 6.18 Å². The summed E-state index contributed by atoms with van der Waals surface area (Å²) in [6.45, 7) is -0.874. The number of rotatable bonds is 2. The number of hydrogen-bond donors (Lipinski definition) is 1. The third-order valence-corrected chi connectivity index (χ3v) is 1.81. The maximum atomic E-state index is 12.2. The molecule has 0 aliphatic heterocycles. The van der Waals surface area contributed by atoms with Crippen molar-refractivity contribution in [1.82, 2.24) is 0 Å². The van der Waals surface area contributed by atoms with Crippen LogP contribution >= 0.6 is 0 Å². The Morgan fingerprint density at radius 1 is 1.29 bits per heavy atom. The molecule has 1 atom stereocenters. The van der Waals surface area contributed by atoms with Gasteiger partial charge in [-0.1, -0.05) is 12.1 Å². The summed E-state index contributed by atoms with van der Waals surface area (Å²) in [5, 5.41) is 0. The van der Waals surface area contributed by atoms with Crippen molar-refractivity contribution in [2.24, 2.45) is 5.73 Å². The summed E-state index contributed by atoms with van der Waals surface area (Å²) >= 11 is 0. The fourth-order valence-electron chi connectivity index (χ4n) is 1.03. The molecule has 2 N–H and O–H groups in total. The second kappa shape index (κ2) is 3.96. The molecule has 0 bridgehead atoms. The van der Waals surface area contributed by atoms with E-state index in [0.717, 1.165) is 12.1 Å². The summed E-state index contributed by atoms with van der Waals surface area (Å²) in [6.07, 6.45) is -4.41. The molecule has 0 heterocycles. The van der Waals surface area contributed by atoms with Crippen molar-refractivity contribution in [3.63, 3.8) is 0 Å². The monoisotopic (exact) mass is 207 g/mol. The molecule has 1 aromatic carbocycles. The molecule has 1 rings (SSSR count). The molecule has 0 aliphatic rings. The van der Waals surface area contributed by atoms with Crippen LogP contribution in [0.15, 0.2) is 24.3 Å². The van der Waals surface area contributed by atoms with Gasteiger partial charge in [-0.15, -0.1) is 0 Å². The van der Waals surface area contributed by atoms with E-state index in [1.54, 1.807) is 0 Å². The maximum absolute atomic E-state index is 12.2. The minimum atomic E-state index is -4.41. The van der Waals surface area contributed by atoms with Crippen molar-refractivity contribution in [3.8, 4) is 0 Å². The lowest BCUT2D eigenvalue weighted by atomic mass is 10.1. The summed E-state index contributed by atoms with van der Waals surface area (Å²) in [4.78, 5) is 0. The van der Waals surface area contributed by atoms with Crippen LogP contribution in [0.5, 0.6) is 0 Å². The third-order valence-electron chi connectivity index (χ3n) is 1.81. The number of alkyl halides is 4. The summed E-state index contributed by atoms with van der Waals surface area (Å²) in [5.41, 5.74) is 4.61. The molecule has 0 aliphatic carbocycles. The second-order valence-corrected chi connectivity index (χ2v) is 2.88. The van der Waals surface area contributed by atoms with Gasteiger partial charge in [0.1, 0.15) is 6.67 Å². The van der Waals surface area contributed by atoms with Gasteiger partial charge in [-0.3, -0.25) is 0 Å². The van der Waals surface area contributed by atoms with Crippen LogP contribution in [0.25, 0.3) is 0 Å². The van der Waals surface area contributed by atoms with Crippen molar-refractivity contribution in [2.75, 3.05) is 6.67 Å². The number of halogens is 4. The van der Waals surface area contributed by atoms with E-state index >= 15 is 0 Å². The maximum Gasteiger partial charge on any atom is 0.416 e. The fraction of sp³-hybridized carbons (Fsp3) is 0.333. The van der Waals surface area contributed by atoms with Gasteiger partial charge < -0.3 is 5.73 Å². The predicted molar refractivity (Wildman–Crippen MR) is 44.3 cm³/mol. The van der Waals surface area contributed by atoms with Gasteiger partial charge in [-0.2, -0.15) is 13.2 Å². The van der Waals surface area contributed by atoms with Crippen LogP contribution in [0, 0.1) is 0 Å². The number of benzene rings is 1. The molecule has 0 fully saturated rings. The average molecular weight is 207 g/mol. The van der Waals surface area contributed by atoms with Crippen molar-refractivity contribution in [3.05, 3.63) is 35.4 Å². The van der Waals surface area contributed by atoms with Crippen LogP contribution in [0.2, 0.25) is 0 Å². The van der Waals surface area contributed by atoms with Gasteiger partial charge in [0, 0.05) is 0 Å². The first-order valence-corrected chi connectivity index (χ1v) is 3.94. The highest BCUT2D eigenvalue weighted by molar-refractivity contribution is 5.27. The molecule has 1 aromatic rings. The van der Waals surface area contributed by atoms with Crippen LogP contribution in [-0.4, -0.2) is 6.67 Å². The Balaban J connectivity index is 3.01. The summed E-state index contributed by atoms with van der Waals surface area (Å²) in [5.74, 6) is 0. The molecule has 1 unspecified atom stereocenters. The first-order valence-electron chi connectivity index (χ1n) is 3.94.